The van der Waals surface area contributed by atoms with Gasteiger partial charge in [-0.25, -0.2) is 0 Å². The van der Waals surface area contributed by atoms with Crippen molar-refractivity contribution in [2.75, 3.05) is 13.1 Å². The number of rotatable bonds is 5. The van der Waals surface area contributed by atoms with E-state index in [1.165, 1.54) is 6.26 Å². The highest BCUT2D eigenvalue weighted by Gasteiger charge is 2.38. The number of carbonyl (C=O) groups is 2. The highest BCUT2D eigenvalue weighted by atomic mass is 16.3. The molecule has 3 heterocycles. The average Bonchev–Trinajstić information content (AvgIpc) is 3.24. The Morgan fingerprint density at radius 2 is 1.83 bits per heavy atom. The van der Waals surface area contributed by atoms with Crippen LogP contribution in [0.5, 0.6) is 0 Å². The lowest BCUT2D eigenvalue weighted by Crippen LogP contribution is -2.48. The molecule has 0 spiro atoms. The van der Waals surface area contributed by atoms with E-state index in [-0.39, 0.29) is 36.2 Å². The standard InChI is InChI=1S/C23H23N3O3/c27-21(16-26(18-10-11-18)23(28)20-9-5-15-29-20)25-14-13-24-12-4-8-19(24)22(25)17-6-2-1-3-7-17/h1-9,12,15,18,22H,10-11,13-14,16H2. The first-order valence-electron chi connectivity index (χ1n) is 10.1. The Kier molecular flexibility index (Phi) is 4.46. The fourth-order valence-electron chi connectivity index (χ4n) is 4.17. The van der Waals surface area contributed by atoms with E-state index < -0.39 is 0 Å². The van der Waals surface area contributed by atoms with Crippen molar-refractivity contribution in [1.29, 1.82) is 0 Å². The van der Waals surface area contributed by atoms with Gasteiger partial charge in [0.1, 0.15) is 6.54 Å². The fourth-order valence-corrected chi connectivity index (χ4v) is 4.17. The van der Waals surface area contributed by atoms with Gasteiger partial charge in [-0.05, 0) is 42.7 Å². The van der Waals surface area contributed by atoms with E-state index in [2.05, 4.69) is 29.0 Å². The first-order valence-corrected chi connectivity index (χ1v) is 10.1. The Balaban J connectivity index is 1.42. The third kappa shape index (κ3) is 3.35. The molecule has 6 heteroatoms. The summed E-state index contributed by atoms with van der Waals surface area (Å²) in [5.41, 5.74) is 2.18. The van der Waals surface area contributed by atoms with Crippen molar-refractivity contribution in [2.24, 2.45) is 0 Å². The summed E-state index contributed by atoms with van der Waals surface area (Å²) in [7, 11) is 0. The van der Waals surface area contributed by atoms with Crippen LogP contribution >= 0.6 is 0 Å². The van der Waals surface area contributed by atoms with Crippen LogP contribution in [-0.2, 0) is 11.3 Å². The Bertz CT molecular complexity index is 1010. The number of fused-ring (bicyclic) bond motifs is 1. The number of aromatic nitrogens is 1. The van der Waals surface area contributed by atoms with Crippen molar-refractivity contribution in [2.45, 2.75) is 31.5 Å². The number of furan rings is 1. The molecule has 0 radical (unpaired) electrons. The molecule has 2 aromatic heterocycles. The van der Waals surface area contributed by atoms with E-state index in [4.69, 9.17) is 4.42 Å². The summed E-state index contributed by atoms with van der Waals surface area (Å²) in [6.45, 7) is 1.45. The number of carbonyl (C=O) groups excluding carboxylic acids is 2. The lowest BCUT2D eigenvalue weighted by molar-refractivity contribution is -0.134. The topological polar surface area (TPSA) is 58.7 Å². The Morgan fingerprint density at radius 1 is 1.00 bits per heavy atom. The molecule has 148 valence electrons. The van der Waals surface area contributed by atoms with Gasteiger partial charge in [0.25, 0.3) is 5.91 Å². The number of hydrogen-bond acceptors (Lipinski definition) is 3. The van der Waals surface area contributed by atoms with E-state index in [0.29, 0.717) is 6.54 Å². The normalized spacial score (nSPS) is 18.3. The number of hydrogen-bond donors (Lipinski definition) is 0. The lowest BCUT2D eigenvalue weighted by Gasteiger charge is -2.38. The molecule has 0 saturated heterocycles. The van der Waals surface area contributed by atoms with Gasteiger partial charge in [-0.1, -0.05) is 30.3 Å². The molecule has 1 aliphatic heterocycles. The molecule has 1 atom stereocenters. The van der Waals surface area contributed by atoms with E-state index in [0.717, 1.165) is 30.6 Å². The summed E-state index contributed by atoms with van der Waals surface area (Å²) in [4.78, 5) is 29.9. The molecule has 0 bridgehead atoms. The van der Waals surface area contributed by atoms with Crippen molar-refractivity contribution < 1.29 is 14.0 Å². The van der Waals surface area contributed by atoms with Gasteiger partial charge in [-0.2, -0.15) is 0 Å². The van der Waals surface area contributed by atoms with Crippen molar-refractivity contribution in [3.05, 3.63) is 84.1 Å². The van der Waals surface area contributed by atoms with Crippen molar-refractivity contribution in [3.8, 4) is 0 Å². The first-order chi connectivity index (χ1) is 14.2. The quantitative estimate of drug-likeness (QED) is 0.673. The van der Waals surface area contributed by atoms with Gasteiger partial charge in [0.15, 0.2) is 5.76 Å². The van der Waals surface area contributed by atoms with Crippen molar-refractivity contribution in [1.82, 2.24) is 14.4 Å². The predicted octanol–water partition coefficient (Wildman–Crippen LogP) is 3.32. The maximum absolute atomic E-state index is 13.4. The van der Waals surface area contributed by atoms with Gasteiger partial charge >= 0.3 is 0 Å². The number of amides is 2. The van der Waals surface area contributed by atoms with Crippen LogP contribution in [-0.4, -0.2) is 45.3 Å². The summed E-state index contributed by atoms with van der Waals surface area (Å²) >= 11 is 0. The summed E-state index contributed by atoms with van der Waals surface area (Å²) < 4.78 is 7.49. The minimum Gasteiger partial charge on any atom is -0.459 e. The largest absolute Gasteiger partial charge is 0.459 e. The molecular weight excluding hydrogens is 366 g/mol. The first kappa shape index (κ1) is 17.8. The average molecular weight is 389 g/mol. The van der Waals surface area contributed by atoms with Crippen LogP contribution in [0.4, 0.5) is 0 Å². The van der Waals surface area contributed by atoms with Crippen molar-refractivity contribution in [3.63, 3.8) is 0 Å². The van der Waals surface area contributed by atoms with Gasteiger partial charge in [-0.15, -0.1) is 0 Å². The van der Waals surface area contributed by atoms with Crippen molar-refractivity contribution >= 4 is 11.8 Å². The molecule has 6 nitrogen and oxygen atoms in total. The Hall–Kier alpha value is -3.28. The Morgan fingerprint density at radius 3 is 2.55 bits per heavy atom. The van der Waals surface area contributed by atoms with Gasteiger partial charge < -0.3 is 18.8 Å². The van der Waals surface area contributed by atoms with E-state index >= 15 is 0 Å². The zero-order valence-electron chi connectivity index (χ0n) is 16.1. The molecule has 1 fully saturated rings. The third-order valence-electron chi connectivity index (χ3n) is 5.76. The van der Waals surface area contributed by atoms with Gasteiger partial charge in [0, 0.05) is 31.0 Å². The predicted molar refractivity (Wildman–Crippen MR) is 107 cm³/mol. The van der Waals surface area contributed by atoms with Crippen LogP contribution in [0.2, 0.25) is 0 Å². The second-order valence-electron chi connectivity index (χ2n) is 7.67. The number of nitrogens with zero attached hydrogens (tertiary/aromatic N) is 3. The fraction of sp³-hybridized carbons (Fsp3) is 0.304. The maximum Gasteiger partial charge on any atom is 0.290 e. The molecule has 3 aromatic rings. The molecule has 0 N–H and O–H groups in total. The number of benzene rings is 1. The van der Waals surface area contributed by atoms with Crippen LogP contribution in [0.3, 0.4) is 0 Å². The van der Waals surface area contributed by atoms with Crippen LogP contribution < -0.4 is 0 Å². The molecule has 1 unspecified atom stereocenters. The lowest BCUT2D eigenvalue weighted by atomic mass is 10.00. The SMILES string of the molecule is O=C(c1ccco1)N(CC(=O)N1CCn2cccc2C1c1ccccc1)C1CC1. The van der Waals surface area contributed by atoms with E-state index in [1.54, 1.807) is 17.0 Å². The molecule has 1 saturated carbocycles. The molecule has 2 amide bonds. The Labute approximate surface area is 169 Å². The van der Waals surface area contributed by atoms with E-state index in [1.807, 2.05) is 29.2 Å². The van der Waals surface area contributed by atoms with Gasteiger partial charge in [-0.3, -0.25) is 9.59 Å². The smallest absolute Gasteiger partial charge is 0.290 e. The van der Waals surface area contributed by atoms with Crippen LogP contribution in [0, 0.1) is 0 Å². The minimum absolute atomic E-state index is 0.0295. The summed E-state index contributed by atoms with van der Waals surface area (Å²) in [6.07, 6.45) is 5.42. The second kappa shape index (κ2) is 7.28. The monoisotopic (exact) mass is 389 g/mol. The molecule has 1 aromatic carbocycles. The van der Waals surface area contributed by atoms with Crippen LogP contribution in [0.15, 0.2) is 71.5 Å². The molecular formula is C23H23N3O3. The molecule has 29 heavy (non-hydrogen) atoms. The molecule has 5 rings (SSSR count). The highest BCUT2D eigenvalue weighted by Crippen LogP contribution is 2.34. The van der Waals surface area contributed by atoms with Gasteiger partial charge in [0.05, 0.1) is 12.3 Å². The molecule has 2 aliphatic rings. The maximum atomic E-state index is 13.4. The van der Waals surface area contributed by atoms with Crippen LogP contribution in [0.1, 0.15) is 40.7 Å². The minimum atomic E-state index is -0.206. The zero-order chi connectivity index (χ0) is 19.8. The van der Waals surface area contributed by atoms with E-state index in [9.17, 15) is 9.59 Å². The summed E-state index contributed by atoms with van der Waals surface area (Å²) in [5, 5.41) is 0. The highest BCUT2D eigenvalue weighted by molar-refractivity contribution is 5.94. The summed E-state index contributed by atoms with van der Waals surface area (Å²) in [5.74, 6) is 0.0532. The van der Waals surface area contributed by atoms with Gasteiger partial charge in [0.2, 0.25) is 5.91 Å². The third-order valence-corrected chi connectivity index (χ3v) is 5.76. The zero-order valence-corrected chi connectivity index (χ0v) is 16.1. The molecule has 1 aliphatic carbocycles. The second-order valence-corrected chi connectivity index (χ2v) is 7.67. The van der Waals surface area contributed by atoms with Crippen LogP contribution in [0.25, 0.3) is 0 Å². The summed E-state index contributed by atoms with van der Waals surface area (Å²) in [6, 6.07) is 17.5.